The molecule has 7 nitrogen and oxygen atoms in total. The van der Waals surface area contributed by atoms with Crippen molar-refractivity contribution in [1.82, 2.24) is 15.1 Å². The molecule has 0 aliphatic carbocycles. The van der Waals surface area contributed by atoms with Crippen molar-refractivity contribution in [3.8, 4) is 11.5 Å². The first-order chi connectivity index (χ1) is 11.7. The van der Waals surface area contributed by atoms with Crippen molar-refractivity contribution in [3.63, 3.8) is 0 Å². The first-order valence-electron chi connectivity index (χ1n) is 8.44. The highest BCUT2D eigenvalue weighted by Crippen LogP contribution is 2.37. The second-order valence-electron chi connectivity index (χ2n) is 6.31. The first kappa shape index (κ1) is 15.3. The summed E-state index contributed by atoms with van der Waals surface area (Å²) in [6.07, 6.45) is 2.04. The van der Waals surface area contributed by atoms with Crippen LogP contribution in [0.1, 0.15) is 24.4 Å². The Morgan fingerprint density at radius 3 is 2.83 bits per heavy atom. The van der Waals surface area contributed by atoms with Crippen molar-refractivity contribution in [2.75, 3.05) is 39.4 Å². The number of rotatable bonds is 3. The van der Waals surface area contributed by atoms with Crippen LogP contribution in [0.25, 0.3) is 0 Å². The van der Waals surface area contributed by atoms with Gasteiger partial charge in [0.2, 0.25) is 5.91 Å². The molecule has 3 aliphatic heterocycles. The molecule has 0 unspecified atom stereocenters. The Bertz CT molecular complexity index is 663. The lowest BCUT2D eigenvalue weighted by atomic mass is 10.0. The van der Waals surface area contributed by atoms with Crippen molar-refractivity contribution in [2.45, 2.75) is 18.9 Å². The molecular weight excluding hydrogens is 310 g/mol. The van der Waals surface area contributed by atoms with Gasteiger partial charge in [-0.1, -0.05) is 6.07 Å². The van der Waals surface area contributed by atoms with Crippen LogP contribution in [0.15, 0.2) is 18.2 Å². The van der Waals surface area contributed by atoms with Gasteiger partial charge in [0, 0.05) is 19.1 Å². The summed E-state index contributed by atoms with van der Waals surface area (Å²) in [5.74, 6) is 1.42. The molecule has 0 aromatic heterocycles. The summed E-state index contributed by atoms with van der Waals surface area (Å²) >= 11 is 0. The number of nitrogens with one attached hydrogen (secondary N) is 1. The summed E-state index contributed by atoms with van der Waals surface area (Å²) in [5.41, 5.74) is 1.13. The lowest BCUT2D eigenvalue weighted by molar-refractivity contribution is -0.129. The van der Waals surface area contributed by atoms with Crippen LogP contribution in [0.2, 0.25) is 0 Å². The second-order valence-corrected chi connectivity index (χ2v) is 6.31. The van der Waals surface area contributed by atoms with E-state index in [4.69, 9.17) is 9.47 Å². The molecular formula is C17H21N3O4. The molecule has 2 fully saturated rings. The molecule has 3 aliphatic rings. The minimum atomic E-state index is -0.282. The number of carbonyl (C=O) groups is 2. The van der Waals surface area contributed by atoms with E-state index in [1.54, 1.807) is 0 Å². The van der Waals surface area contributed by atoms with Crippen molar-refractivity contribution in [1.29, 1.82) is 0 Å². The minimum Gasteiger partial charge on any atom is -0.486 e. The van der Waals surface area contributed by atoms with Gasteiger partial charge in [0.25, 0.3) is 0 Å². The van der Waals surface area contributed by atoms with Crippen LogP contribution in [0, 0.1) is 0 Å². The number of hydrogen-bond donors (Lipinski definition) is 1. The Hall–Kier alpha value is -2.28. The molecule has 0 radical (unpaired) electrons. The second kappa shape index (κ2) is 6.32. The Balaban J connectivity index is 1.48. The molecule has 1 N–H and O–H groups in total. The van der Waals surface area contributed by atoms with Crippen LogP contribution in [-0.2, 0) is 4.79 Å². The largest absolute Gasteiger partial charge is 0.486 e. The molecule has 1 atom stereocenters. The quantitative estimate of drug-likeness (QED) is 0.899. The molecule has 1 aromatic rings. The standard InChI is InChI=1S/C17H21N3O4/c21-16(20-7-5-18-17(20)22)11-19-6-1-2-13(19)12-3-4-14-15(10-12)24-9-8-23-14/h3-4,10,13H,1-2,5-9,11H2,(H,18,22)/t13-/m1/s1. The van der Waals surface area contributed by atoms with E-state index in [2.05, 4.69) is 10.2 Å². The monoisotopic (exact) mass is 331 g/mol. The molecule has 128 valence electrons. The molecule has 3 heterocycles. The third-order valence-corrected chi connectivity index (χ3v) is 4.81. The van der Waals surface area contributed by atoms with E-state index in [1.807, 2.05) is 18.2 Å². The molecule has 2 saturated heterocycles. The predicted octanol–water partition coefficient (Wildman–Crippen LogP) is 1.15. The minimum absolute atomic E-state index is 0.130. The average molecular weight is 331 g/mol. The summed E-state index contributed by atoms with van der Waals surface area (Å²) in [5, 5.41) is 2.67. The van der Waals surface area contributed by atoms with Gasteiger partial charge in [-0.3, -0.25) is 14.6 Å². The summed E-state index contributed by atoms with van der Waals surface area (Å²) < 4.78 is 11.2. The van der Waals surface area contributed by atoms with E-state index in [1.165, 1.54) is 4.90 Å². The molecule has 0 spiro atoms. The van der Waals surface area contributed by atoms with Gasteiger partial charge < -0.3 is 14.8 Å². The molecule has 7 heteroatoms. The van der Waals surface area contributed by atoms with Gasteiger partial charge in [-0.05, 0) is 37.1 Å². The Kier molecular flexibility index (Phi) is 4.02. The normalized spacial score (nSPS) is 23.4. The summed E-state index contributed by atoms with van der Waals surface area (Å²) in [6, 6.07) is 5.90. The smallest absolute Gasteiger partial charge is 0.324 e. The number of carbonyl (C=O) groups excluding carboxylic acids is 2. The maximum Gasteiger partial charge on any atom is 0.324 e. The van der Waals surface area contributed by atoms with Gasteiger partial charge in [-0.2, -0.15) is 0 Å². The fourth-order valence-corrected chi connectivity index (χ4v) is 3.63. The number of ether oxygens (including phenoxy) is 2. The zero-order valence-corrected chi connectivity index (χ0v) is 13.5. The van der Waals surface area contributed by atoms with Gasteiger partial charge in [0.15, 0.2) is 11.5 Å². The summed E-state index contributed by atoms with van der Waals surface area (Å²) in [4.78, 5) is 27.5. The van der Waals surface area contributed by atoms with Crippen molar-refractivity contribution in [3.05, 3.63) is 23.8 Å². The first-order valence-corrected chi connectivity index (χ1v) is 8.44. The SMILES string of the molecule is O=C(CN1CCC[C@@H]1c1ccc2c(c1)OCCO2)N1CCNC1=O. The Labute approximate surface area is 140 Å². The maximum atomic E-state index is 12.4. The zero-order valence-electron chi connectivity index (χ0n) is 13.5. The van der Waals surface area contributed by atoms with Gasteiger partial charge in [-0.25, -0.2) is 4.79 Å². The van der Waals surface area contributed by atoms with Crippen LogP contribution < -0.4 is 14.8 Å². The lowest BCUT2D eigenvalue weighted by Crippen LogP contribution is -2.41. The van der Waals surface area contributed by atoms with Crippen LogP contribution in [0.4, 0.5) is 4.79 Å². The summed E-state index contributed by atoms with van der Waals surface area (Å²) in [7, 11) is 0. The number of nitrogens with zero attached hydrogens (tertiary/aromatic N) is 2. The Morgan fingerprint density at radius 2 is 2.04 bits per heavy atom. The summed E-state index contributed by atoms with van der Waals surface area (Å²) in [6.45, 7) is 3.27. The van der Waals surface area contributed by atoms with Crippen LogP contribution >= 0.6 is 0 Å². The molecule has 4 rings (SSSR count). The maximum absolute atomic E-state index is 12.4. The predicted molar refractivity (Wildman–Crippen MR) is 86.1 cm³/mol. The van der Waals surface area contributed by atoms with E-state index in [0.29, 0.717) is 26.3 Å². The van der Waals surface area contributed by atoms with Crippen molar-refractivity contribution >= 4 is 11.9 Å². The number of imide groups is 1. The third-order valence-electron chi connectivity index (χ3n) is 4.81. The highest BCUT2D eigenvalue weighted by Gasteiger charge is 2.32. The molecule has 3 amide bonds. The highest BCUT2D eigenvalue weighted by atomic mass is 16.6. The van der Waals surface area contributed by atoms with E-state index in [9.17, 15) is 9.59 Å². The topological polar surface area (TPSA) is 71.1 Å². The third kappa shape index (κ3) is 2.80. The lowest BCUT2D eigenvalue weighted by Gasteiger charge is -2.27. The van der Waals surface area contributed by atoms with Crippen LogP contribution in [-0.4, -0.2) is 61.1 Å². The van der Waals surface area contributed by atoms with E-state index in [0.717, 1.165) is 36.4 Å². The number of amides is 3. The van der Waals surface area contributed by atoms with E-state index >= 15 is 0 Å². The van der Waals surface area contributed by atoms with Gasteiger partial charge in [0.05, 0.1) is 6.54 Å². The number of benzene rings is 1. The van der Waals surface area contributed by atoms with Crippen molar-refractivity contribution in [2.24, 2.45) is 0 Å². The number of fused-ring (bicyclic) bond motifs is 1. The molecule has 1 aromatic carbocycles. The molecule has 24 heavy (non-hydrogen) atoms. The van der Waals surface area contributed by atoms with E-state index in [-0.39, 0.29) is 24.5 Å². The van der Waals surface area contributed by atoms with Gasteiger partial charge in [-0.15, -0.1) is 0 Å². The Morgan fingerprint density at radius 1 is 1.21 bits per heavy atom. The molecule has 0 bridgehead atoms. The highest BCUT2D eigenvalue weighted by molar-refractivity contribution is 5.96. The number of likely N-dealkylation sites (tertiary alicyclic amines) is 1. The molecule has 0 saturated carbocycles. The number of urea groups is 1. The fraction of sp³-hybridized carbons (Fsp3) is 0.529. The van der Waals surface area contributed by atoms with Crippen LogP contribution in [0.3, 0.4) is 0 Å². The van der Waals surface area contributed by atoms with Crippen LogP contribution in [0.5, 0.6) is 11.5 Å². The van der Waals surface area contributed by atoms with E-state index < -0.39 is 0 Å². The zero-order chi connectivity index (χ0) is 16.5. The van der Waals surface area contributed by atoms with Crippen molar-refractivity contribution < 1.29 is 19.1 Å². The number of hydrogen-bond acceptors (Lipinski definition) is 5. The fourth-order valence-electron chi connectivity index (χ4n) is 3.63. The van der Waals surface area contributed by atoms with Gasteiger partial charge >= 0.3 is 6.03 Å². The average Bonchev–Trinajstić information content (AvgIpc) is 3.23. The van der Waals surface area contributed by atoms with Gasteiger partial charge in [0.1, 0.15) is 13.2 Å².